The van der Waals surface area contributed by atoms with E-state index in [1.807, 2.05) is 18.6 Å². The van der Waals surface area contributed by atoms with Gasteiger partial charge in [0.1, 0.15) is 0 Å². The number of aromatic nitrogens is 1. The number of aromatic carboxylic acids is 1. The number of carboxylic acid groups (broad SMARTS) is 1. The molecular weight excluding hydrogens is 446 g/mol. The average molecular weight is 475 g/mol. The first-order chi connectivity index (χ1) is 15.7. The molecule has 1 aromatic carbocycles. The molecule has 0 aliphatic carbocycles. The summed E-state index contributed by atoms with van der Waals surface area (Å²) >= 11 is 0. The molecule has 0 spiro atoms. The lowest BCUT2D eigenvalue weighted by Crippen LogP contribution is -2.32. The molecule has 0 saturated carbocycles. The third-order valence-electron chi connectivity index (χ3n) is 4.92. The Balaban J connectivity index is 2.22. The van der Waals surface area contributed by atoms with E-state index in [1.165, 1.54) is 30.3 Å². The molecule has 1 aromatic heterocycles. The molecule has 178 valence electrons. The van der Waals surface area contributed by atoms with Crippen LogP contribution in [0.2, 0.25) is 0 Å². The van der Waals surface area contributed by atoms with Crippen LogP contribution in [0.3, 0.4) is 0 Å². The third kappa shape index (κ3) is 7.38. The number of unbranched alkanes of at least 4 members (excludes halogenated alkanes) is 3. The zero-order valence-electron chi connectivity index (χ0n) is 18.7. The van der Waals surface area contributed by atoms with E-state index in [-0.39, 0.29) is 21.7 Å². The van der Waals surface area contributed by atoms with Crippen molar-refractivity contribution in [3.05, 3.63) is 58.9 Å². The highest BCUT2D eigenvalue weighted by Gasteiger charge is 2.21. The fourth-order valence-corrected chi connectivity index (χ4v) is 4.12. The molecule has 0 atom stereocenters. The molecule has 0 aliphatic rings. The summed E-state index contributed by atoms with van der Waals surface area (Å²) in [6.45, 7) is 4.45. The third-order valence-corrected chi connectivity index (χ3v) is 6.25. The summed E-state index contributed by atoms with van der Waals surface area (Å²) in [4.78, 5) is 39.7. The van der Waals surface area contributed by atoms with Crippen molar-refractivity contribution < 1.29 is 27.9 Å². The number of hydrogen-bond acceptors (Lipinski definition) is 7. The zero-order valence-corrected chi connectivity index (χ0v) is 19.5. The Morgan fingerprint density at radius 3 is 2.36 bits per heavy atom. The Bertz CT molecular complexity index is 1110. The fourth-order valence-electron chi connectivity index (χ4n) is 3.10. The van der Waals surface area contributed by atoms with Gasteiger partial charge in [0.2, 0.25) is 0 Å². The average Bonchev–Trinajstić information content (AvgIpc) is 2.79. The maximum Gasteiger partial charge on any atom is 0.266 e. The first kappa shape index (κ1) is 26.0. The summed E-state index contributed by atoms with van der Waals surface area (Å²) < 4.78 is 27.4. The van der Waals surface area contributed by atoms with Crippen molar-refractivity contribution in [3.63, 3.8) is 0 Å². The molecule has 2 N–H and O–H groups in total. The molecule has 10 heteroatoms. The summed E-state index contributed by atoms with van der Waals surface area (Å²) in [5.41, 5.74) is 0.0923. The van der Waals surface area contributed by atoms with E-state index in [1.54, 1.807) is 0 Å². The van der Waals surface area contributed by atoms with Gasteiger partial charge in [-0.15, -0.1) is 0 Å². The number of benzene rings is 1. The Morgan fingerprint density at radius 1 is 0.970 bits per heavy atom. The molecule has 2 rings (SSSR count). The van der Waals surface area contributed by atoms with Gasteiger partial charge >= 0.3 is 0 Å². The highest BCUT2D eigenvalue weighted by molar-refractivity contribution is 7.90. The normalized spacial score (nSPS) is 11.1. The van der Waals surface area contributed by atoms with Crippen molar-refractivity contribution >= 4 is 27.8 Å². The number of carboxylic acids is 1. The highest BCUT2D eigenvalue weighted by Crippen LogP contribution is 2.15. The van der Waals surface area contributed by atoms with Crippen LogP contribution in [0.15, 0.2) is 41.4 Å². The van der Waals surface area contributed by atoms with Gasteiger partial charge in [0.05, 0.1) is 22.1 Å². The van der Waals surface area contributed by atoms with Gasteiger partial charge in [-0.05, 0) is 49.1 Å². The van der Waals surface area contributed by atoms with Crippen LogP contribution < -0.4 is 15.1 Å². The van der Waals surface area contributed by atoms with Crippen LogP contribution in [-0.4, -0.2) is 37.7 Å². The van der Waals surface area contributed by atoms with Crippen molar-refractivity contribution in [2.75, 3.05) is 6.54 Å². The zero-order chi connectivity index (χ0) is 24.4. The number of amides is 2. The lowest BCUT2D eigenvalue weighted by atomic mass is 10.0. The number of rotatable bonds is 12. The molecule has 0 bridgehead atoms. The molecule has 9 nitrogen and oxygen atoms in total. The van der Waals surface area contributed by atoms with Gasteiger partial charge < -0.3 is 15.2 Å². The fraction of sp³-hybridized carbons (Fsp3) is 0.391. The quantitative estimate of drug-likeness (QED) is 0.446. The van der Waals surface area contributed by atoms with Gasteiger partial charge in [0, 0.05) is 18.3 Å². The van der Waals surface area contributed by atoms with Crippen LogP contribution in [0.5, 0.6) is 0 Å². The number of nitrogens with one attached hydrogen (secondary N) is 2. The number of sulfonamides is 1. The molecule has 2 amide bonds. The predicted molar refractivity (Wildman–Crippen MR) is 120 cm³/mol. The molecule has 0 aliphatic heterocycles. The molecule has 0 unspecified atom stereocenters. The van der Waals surface area contributed by atoms with Crippen molar-refractivity contribution in [1.82, 2.24) is 15.0 Å². The van der Waals surface area contributed by atoms with Crippen LogP contribution in [0.4, 0.5) is 0 Å². The Morgan fingerprint density at radius 2 is 1.70 bits per heavy atom. The molecular formula is C23H28N3O6S-. The first-order valence-electron chi connectivity index (χ1n) is 10.8. The second-order valence-electron chi connectivity index (χ2n) is 7.55. The lowest BCUT2D eigenvalue weighted by Gasteiger charge is -2.12. The van der Waals surface area contributed by atoms with E-state index in [0.29, 0.717) is 24.9 Å². The molecule has 1 heterocycles. The molecule has 0 fully saturated rings. The maximum absolute atomic E-state index is 12.7. The van der Waals surface area contributed by atoms with Gasteiger partial charge in [-0.25, -0.2) is 13.1 Å². The number of nitrogens with zero attached hydrogens (tertiary/aromatic N) is 1. The number of hydrogen-bond donors (Lipinski definition) is 2. The molecule has 0 radical (unpaired) electrons. The minimum Gasteiger partial charge on any atom is -0.543 e. The number of pyridine rings is 1. The summed E-state index contributed by atoms with van der Waals surface area (Å²) in [5, 5.41) is 14.0. The minimum absolute atomic E-state index is 0.0939. The Hall–Kier alpha value is -3.27. The summed E-state index contributed by atoms with van der Waals surface area (Å²) in [6.07, 6.45) is 5.53. The van der Waals surface area contributed by atoms with E-state index >= 15 is 0 Å². The second-order valence-corrected chi connectivity index (χ2v) is 9.23. The summed E-state index contributed by atoms with van der Waals surface area (Å²) in [6, 6.07) is 6.66. The van der Waals surface area contributed by atoms with Gasteiger partial charge in [0.25, 0.3) is 21.8 Å². The van der Waals surface area contributed by atoms with Crippen molar-refractivity contribution in [1.29, 1.82) is 0 Å². The van der Waals surface area contributed by atoms with E-state index in [4.69, 9.17) is 0 Å². The van der Waals surface area contributed by atoms with Gasteiger partial charge in [0.15, 0.2) is 0 Å². The van der Waals surface area contributed by atoms with Crippen LogP contribution in [-0.2, 0) is 16.4 Å². The number of aryl methyl sites for hydroxylation is 1. The predicted octanol–water partition coefficient (Wildman–Crippen LogP) is 1.83. The smallest absolute Gasteiger partial charge is 0.266 e. The Kier molecular flexibility index (Phi) is 9.53. The molecule has 33 heavy (non-hydrogen) atoms. The van der Waals surface area contributed by atoms with Crippen LogP contribution in [0, 0.1) is 0 Å². The topological polar surface area (TPSA) is 145 Å². The van der Waals surface area contributed by atoms with Crippen molar-refractivity contribution in [3.8, 4) is 0 Å². The van der Waals surface area contributed by atoms with E-state index in [2.05, 4.69) is 10.3 Å². The SMILES string of the molecule is CCCCCc1cc(C(=O)NS(=O)(=O)c2cccc(C(=O)NCCCC)c2)cnc1C(=O)[O-]. The Labute approximate surface area is 193 Å². The van der Waals surface area contributed by atoms with E-state index < -0.39 is 27.8 Å². The largest absolute Gasteiger partial charge is 0.543 e. The highest BCUT2D eigenvalue weighted by atomic mass is 32.2. The van der Waals surface area contributed by atoms with Gasteiger partial charge in [-0.1, -0.05) is 39.2 Å². The maximum atomic E-state index is 12.7. The first-order valence-corrected chi connectivity index (χ1v) is 12.3. The molecule has 2 aromatic rings. The van der Waals surface area contributed by atoms with E-state index in [0.717, 1.165) is 31.9 Å². The second kappa shape index (κ2) is 12.1. The van der Waals surface area contributed by atoms with Crippen molar-refractivity contribution in [2.24, 2.45) is 0 Å². The van der Waals surface area contributed by atoms with Gasteiger partial charge in [-0.2, -0.15) is 0 Å². The van der Waals surface area contributed by atoms with E-state index in [9.17, 15) is 27.9 Å². The lowest BCUT2D eigenvalue weighted by molar-refractivity contribution is -0.255. The van der Waals surface area contributed by atoms with Gasteiger partial charge in [-0.3, -0.25) is 14.6 Å². The summed E-state index contributed by atoms with van der Waals surface area (Å²) in [7, 11) is -4.29. The standard InChI is InChI=1S/C23H29N3O6S/c1-3-5-7-9-16-13-18(15-25-20(16)23(29)30)22(28)26-33(31,32)19-11-8-10-17(14-19)21(27)24-12-6-4-2/h8,10-11,13-15H,3-7,9,12H2,1-2H3,(H,24,27)(H,26,28)(H,29,30)/p-1. The number of carbonyl (C=O) groups excluding carboxylic acids is 3. The summed E-state index contributed by atoms with van der Waals surface area (Å²) in [5.74, 6) is -2.83. The van der Waals surface area contributed by atoms with Crippen LogP contribution in [0.25, 0.3) is 0 Å². The number of carbonyl (C=O) groups is 3. The van der Waals surface area contributed by atoms with Crippen LogP contribution in [0.1, 0.15) is 82.7 Å². The van der Waals surface area contributed by atoms with Crippen molar-refractivity contribution in [2.45, 2.75) is 57.3 Å². The van der Waals surface area contributed by atoms with Crippen LogP contribution >= 0.6 is 0 Å². The molecule has 0 saturated heterocycles. The minimum atomic E-state index is -4.29. The monoisotopic (exact) mass is 474 g/mol.